The topological polar surface area (TPSA) is 96.3 Å². The minimum Gasteiger partial charge on any atom is -0.497 e. The lowest BCUT2D eigenvalue weighted by Crippen LogP contribution is -2.36. The Morgan fingerprint density at radius 3 is 2.44 bits per heavy atom. The highest BCUT2D eigenvalue weighted by atomic mass is 32.1. The number of ether oxygens (including phenoxy) is 4. The zero-order valence-electron chi connectivity index (χ0n) is 22.9. The first-order valence-corrected chi connectivity index (χ1v) is 13.6. The van der Waals surface area contributed by atoms with Crippen LogP contribution < -0.4 is 9.47 Å². The van der Waals surface area contributed by atoms with Crippen LogP contribution in [-0.4, -0.2) is 50.1 Å². The summed E-state index contributed by atoms with van der Waals surface area (Å²) in [5.74, 6) is -0.886. The average molecular weight is 549 g/mol. The fourth-order valence-electron chi connectivity index (χ4n) is 4.82. The van der Waals surface area contributed by atoms with Crippen LogP contribution in [0.3, 0.4) is 0 Å². The highest BCUT2D eigenvalue weighted by molar-refractivity contribution is 7.13. The Labute approximate surface area is 232 Å². The summed E-state index contributed by atoms with van der Waals surface area (Å²) in [4.78, 5) is 35.7. The first-order chi connectivity index (χ1) is 18.8. The van der Waals surface area contributed by atoms with Gasteiger partial charge in [0.25, 0.3) is 0 Å². The Hall–Kier alpha value is -3.98. The van der Waals surface area contributed by atoms with Crippen molar-refractivity contribution in [2.24, 2.45) is 10.9 Å². The molecule has 0 N–H and O–H groups in total. The maximum Gasteiger partial charge on any atom is 0.336 e. The Bertz CT molecular complexity index is 1440. The Balaban J connectivity index is 1.79. The fourth-order valence-corrected chi connectivity index (χ4v) is 5.63. The third-order valence-electron chi connectivity index (χ3n) is 6.54. The molecule has 2 heterocycles. The van der Waals surface area contributed by atoms with Gasteiger partial charge in [-0.05, 0) is 57.5 Å². The summed E-state index contributed by atoms with van der Waals surface area (Å²) in [5, 5.41) is 2.75. The van der Waals surface area contributed by atoms with E-state index in [0.717, 1.165) is 27.4 Å². The van der Waals surface area contributed by atoms with E-state index in [2.05, 4.69) is 4.99 Å². The Morgan fingerprint density at radius 1 is 0.974 bits per heavy atom. The molecule has 9 heteroatoms. The molecule has 2 aromatic carbocycles. The van der Waals surface area contributed by atoms with Gasteiger partial charge in [-0.1, -0.05) is 18.2 Å². The third kappa shape index (κ3) is 5.73. The number of hydrogen-bond donors (Lipinski definition) is 0. The molecule has 0 aliphatic carbocycles. The molecule has 1 aliphatic rings. The van der Waals surface area contributed by atoms with Gasteiger partial charge < -0.3 is 18.9 Å². The van der Waals surface area contributed by atoms with Crippen molar-refractivity contribution < 1.29 is 28.5 Å². The van der Waals surface area contributed by atoms with Gasteiger partial charge in [0, 0.05) is 33.8 Å². The third-order valence-corrected chi connectivity index (χ3v) is 7.43. The average Bonchev–Trinajstić information content (AvgIpc) is 3.43. The van der Waals surface area contributed by atoms with Crippen molar-refractivity contribution in [2.45, 2.75) is 33.6 Å². The molecule has 2 atom stereocenters. The smallest absolute Gasteiger partial charge is 0.336 e. The molecular weight excluding hydrogens is 516 g/mol. The molecule has 4 rings (SSSR count). The van der Waals surface area contributed by atoms with Crippen molar-refractivity contribution in [3.8, 4) is 33.3 Å². The monoisotopic (exact) mass is 548 g/mol. The minimum absolute atomic E-state index is 0.213. The van der Waals surface area contributed by atoms with E-state index in [4.69, 9.17) is 23.9 Å². The number of rotatable bonds is 9. The number of methoxy groups -OCH3 is 2. The van der Waals surface area contributed by atoms with Crippen molar-refractivity contribution >= 4 is 29.0 Å². The van der Waals surface area contributed by atoms with E-state index in [-0.39, 0.29) is 13.2 Å². The molecular formula is C30H32N2O6S. The van der Waals surface area contributed by atoms with Crippen LogP contribution in [0, 0.1) is 5.92 Å². The molecule has 0 saturated heterocycles. The number of benzene rings is 2. The summed E-state index contributed by atoms with van der Waals surface area (Å²) in [5.41, 5.74) is 4.69. The number of aliphatic imine (C=N–C) groups is 1. The number of esters is 2. The lowest BCUT2D eigenvalue weighted by Gasteiger charge is -2.31. The summed E-state index contributed by atoms with van der Waals surface area (Å²) in [6, 6.07) is 13.3. The lowest BCUT2D eigenvalue weighted by atomic mass is 9.75. The summed E-state index contributed by atoms with van der Waals surface area (Å²) >= 11 is 1.49. The molecule has 0 radical (unpaired) electrons. The molecule has 39 heavy (non-hydrogen) atoms. The molecule has 0 saturated carbocycles. The van der Waals surface area contributed by atoms with Crippen molar-refractivity contribution in [3.05, 3.63) is 64.7 Å². The van der Waals surface area contributed by atoms with Crippen LogP contribution in [0.4, 0.5) is 0 Å². The predicted molar refractivity (Wildman–Crippen MR) is 151 cm³/mol. The first-order valence-electron chi connectivity index (χ1n) is 12.7. The molecule has 0 spiro atoms. The standard InChI is InChI=1S/C30H32N2O6S/c1-7-37-29(33)25-17(3)31-18(4)26(30(34)38-8-2)27(25)19-10-9-11-20(14-19)28-32-23(16-39-28)22-15-21(35-5)12-13-24(22)36-6/h9-16,25,27H,7-8H2,1-6H3. The van der Waals surface area contributed by atoms with Crippen LogP contribution in [0.5, 0.6) is 11.5 Å². The second kappa shape index (κ2) is 12.3. The number of carbonyl (C=O) groups is 2. The number of allylic oxidation sites excluding steroid dienone is 1. The number of nitrogens with zero attached hydrogens (tertiary/aromatic N) is 2. The van der Waals surface area contributed by atoms with Crippen molar-refractivity contribution in [2.75, 3.05) is 27.4 Å². The van der Waals surface area contributed by atoms with Gasteiger partial charge >= 0.3 is 11.9 Å². The highest BCUT2D eigenvalue weighted by Crippen LogP contribution is 2.42. The number of carbonyl (C=O) groups excluding carboxylic acids is 2. The minimum atomic E-state index is -0.754. The molecule has 204 valence electrons. The quantitative estimate of drug-likeness (QED) is 0.300. The Kier molecular flexibility index (Phi) is 8.81. The van der Waals surface area contributed by atoms with Crippen LogP contribution in [0.25, 0.3) is 21.8 Å². The zero-order chi connectivity index (χ0) is 28.1. The molecule has 1 aromatic heterocycles. The van der Waals surface area contributed by atoms with Gasteiger partial charge in [-0.3, -0.25) is 9.79 Å². The van der Waals surface area contributed by atoms with Gasteiger partial charge in [0.1, 0.15) is 22.4 Å². The van der Waals surface area contributed by atoms with Gasteiger partial charge in [0.2, 0.25) is 0 Å². The van der Waals surface area contributed by atoms with Crippen LogP contribution in [0.15, 0.2) is 64.1 Å². The molecule has 0 fully saturated rings. The van der Waals surface area contributed by atoms with Crippen LogP contribution >= 0.6 is 11.3 Å². The molecule has 0 bridgehead atoms. The van der Waals surface area contributed by atoms with Gasteiger partial charge in [-0.25, -0.2) is 9.78 Å². The molecule has 1 aliphatic heterocycles. The number of thiazole rings is 1. The van der Waals surface area contributed by atoms with Crippen LogP contribution in [0.2, 0.25) is 0 Å². The number of aromatic nitrogens is 1. The fraction of sp³-hybridized carbons (Fsp3) is 0.333. The first kappa shape index (κ1) is 28.0. The second-order valence-electron chi connectivity index (χ2n) is 8.91. The van der Waals surface area contributed by atoms with Gasteiger partial charge in [0.15, 0.2) is 0 Å². The number of hydrogen-bond acceptors (Lipinski definition) is 9. The molecule has 2 unspecified atom stereocenters. The van der Waals surface area contributed by atoms with Gasteiger partial charge in [0.05, 0.1) is 38.7 Å². The molecule has 3 aromatic rings. The largest absolute Gasteiger partial charge is 0.497 e. The zero-order valence-corrected chi connectivity index (χ0v) is 23.8. The van der Waals surface area contributed by atoms with Crippen molar-refractivity contribution in [1.29, 1.82) is 0 Å². The van der Waals surface area contributed by atoms with Crippen molar-refractivity contribution in [1.82, 2.24) is 4.98 Å². The highest BCUT2D eigenvalue weighted by Gasteiger charge is 2.42. The van der Waals surface area contributed by atoms with E-state index in [1.54, 1.807) is 41.9 Å². The summed E-state index contributed by atoms with van der Waals surface area (Å²) in [7, 11) is 3.24. The second-order valence-corrected chi connectivity index (χ2v) is 9.77. The van der Waals surface area contributed by atoms with E-state index in [1.807, 2.05) is 47.8 Å². The van der Waals surface area contributed by atoms with Gasteiger partial charge in [-0.2, -0.15) is 0 Å². The van der Waals surface area contributed by atoms with E-state index in [0.29, 0.717) is 28.5 Å². The van der Waals surface area contributed by atoms with E-state index < -0.39 is 23.8 Å². The Morgan fingerprint density at radius 2 is 1.74 bits per heavy atom. The summed E-state index contributed by atoms with van der Waals surface area (Å²) < 4.78 is 21.7. The van der Waals surface area contributed by atoms with E-state index in [9.17, 15) is 9.59 Å². The maximum atomic E-state index is 13.1. The van der Waals surface area contributed by atoms with Crippen LogP contribution in [-0.2, 0) is 19.1 Å². The van der Waals surface area contributed by atoms with Gasteiger partial charge in [-0.15, -0.1) is 11.3 Å². The molecule has 0 amide bonds. The maximum absolute atomic E-state index is 13.1. The molecule has 8 nitrogen and oxygen atoms in total. The normalized spacial score (nSPS) is 16.9. The van der Waals surface area contributed by atoms with Crippen LogP contribution in [0.1, 0.15) is 39.2 Å². The van der Waals surface area contributed by atoms with Crippen molar-refractivity contribution in [3.63, 3.8) is 0 Å². The predicted octanol–water partition coefficient (Wildman–Crippen LogP) is 6.07. The van der Waals surface area contributed by atoms with E-state index >= 15 is 0 Å². The summed E-state index contributed by atoms with van der Waals surface area (Å²) in [6.45, 7) is 7.50. The SMILES string of the molecule is CCOC(=O)C1=C(C)N=C(C)C(C(=O)OCC)C1c1cccc(-c2nc(-c3cc(OC)ccc3OC)cs2)c1. The van der Waals surface area contributed by atoms with E-state index in [1.165, 1.54) is 11.3 Å². The lowest BCUT2D eigenvalue weighted by molar-refractivity contribution is -0.146. The summed E-state index contributed by atoms with van der Waals surface area (Å²) in [6.07, 6.45) is 0.